The molecular formula is C13H23NS. The predicted octanol–water partition coefficient (Wildman–Crippen LogP) is 3.89. The standard InChI is InChI=1S/C13H23NS/c1-9(2)6-11(4)14-8-13-7-10(3)12(5)15-13/h7,9,11,14H,6,8H2,1-5H3. The number of aryl methyl sites for hydroxylation is 2. The molecule has 0 aliphatic heterocycles. The van der Waals surface area contributed by atoms with Crippen LogP contribution in [0.1, 0.15) is 42.5 Å². The maximum Gasteiger partial charge on any atom is 0.0302 e. The van der Waals surface area contributed by atoms with Crippen molar-refractivity contribution in [3.63, 3.8) is 0 Å². The molecule has 1 heterocycles. The first kappa shape index (κ1) is 12.7. The van der Waals surface area contributed by atoms with Gasteiger partial charge in [0.05, 0.1) is 0 Å². The first-order valence-electron chi connectivity index (χ1n) is 5.78. The van der Waals surface area contributed by atoms with Crippen LogP contribution >= 0.6 is 11.3 Å². The lowest BCUT2D eigenvalue weighted by Gasteiger charge is -2.15. The van der Waals surface area contributed by atoms with Crippen molar-refractivity contribution in [1.29, 1.82) is 0 Å². The van der Waals surface area contributed by atoms with Crippen LogP contribution in [0.25, 0.3) is 0 Å². The van der Waals surface area contributed by atoms with Crippen LogP contribution < -0.4 is 5.32 Å². The molecule has 1 atom stereocenters. The summed E-state index contributed by atoms with van der Waals surface area (Å²) in [6.45, 7) is 12.2. The van der Waals surface area contributed by atoms with Crippen molar-refractivity contribution >= 4 is 11.3 Å². The second-order valence-electron chi connectivity index (χ2n) is 4.86. The van der Waals surface area contributed by atoms with E-state index in [1.807, 2.05) is 11.3 Å². The summed E-state index contributed by atoms with van der Waals surface area (Å²) in [4.78, 5) is 2.91. The fraction of sp³-hybridized carbons (Fsp3) is 0.692. The Labute approximate surface area is 97.9 Å². The molecule has 1 aromatic rings. The molecule has 0 fully saturated rings. The van der Waals surface area contributed by atoms with Gasteiger partial charge in [-0.3, -0.25) is 0 Å². The van der Waals surface area contributed by atoms with E-state index in [1.165, 1.54) is 21.7 Å². The topological polar surface area (TPSA) is 12.0 Å². The van der Waals surface area contributed by atoms with Crippen molar-refractivity contribution in [3.8, 4) is 0 Å². The highest BCUT2D eigenvalue weighted by Crippen LogP contribution is 2.20. The average Bonchev–Trinajstić information content (AvgIpc) is 2.42. The molecule has 0 saturated carbocycles. The van der Waals surface area contributed by atoms with Crippen molar-refractivity contribution in [2.75, 3.05) is 0 Å². The molecule has 0 bridgehead atoms. The smallest absolute Gasteiger partial charge is 0.0302 e. The van der Waals surface area contributed by atoms with Gasteiger partial charge in [-0.2, -0.15) is 0 Å². The number of rotatable bonds is 5. The molecular weight excluding hydrogens is 202 g/mol. The van der Waals surface area contributed by atoms with Gasteiger partial charge in [0.15, 0.2) is 0 Å². The molecule has 0 aliphatic carbocycles. The minimum atomic E-state index is 0.618. The normalized spacial score (nSPS) is 13.5. The maximum atomic E-state index is 3.58. The Morgan fingerprint density at radius 3 is 2.40 bits per heavy atom. The van der Waals surface area contributed by atoms with E-state index in [0.29, 0.717) is 6.04 Å². The van der Waals surface area contributed by atoms with Crippen LogP contribution in [0.3, 0.4) is 0 Å². The molecule has 0 aliphatic rings. The molecule has 0 saturated heterocycles. The molecule has 1 unspecified atom stereocenters. The van der Waals surface area contributed by atoms with E-state index in [1.54, 1.807) is 0 Å². The van der Waals surface area contributed by atoms with Crippen molar-refractivity contribution in [3.05, 3.63) is 21.4 Å². The lowest BCUT2D eigenvalue weighted by atomic mass is 10.1. The van der Waals surface area contributed by atoms with Gasteiger partial charge in [-0.25, -0.2) is 0 Å². The third kappa shape index (κ3) is 4.35. The Morgan fingerprint density at radius 2 is 1.93 bits per heavy atom. The largest absolute Gasteiger partial charge is 0.309 e. The summed E-state index contributed by atoms with van der Waals surface area (Å²) in [5.74, 6) is 0.777. The van der Waals surface area contributed by atoms with Crippen molar-refractivity contribution in [2.45, 2.75) is 53.6 Å². The van der Waals surface area contributed by atoms with Gasteiger partial charge in [0, 0.05) is 22.3 Å². The van der Waals surface area contributed by atoms with Crippen LogP contribution in [0.2, 0.25) is 0 Å². The van der Waals surface area contributed by atoms with E-state index in [9.17, 15) is 0 Å². The quantitative estimate of drug-likeness (QED) is 0.801. The molecule has 1 nitrogen and oxygen atoms in total. The Balaban J connectivity index is 2.36. The lowest BCUT2D eigenvalue weighted by Crippen LogP contribution is -2.26. The van der Waals surface area contributed by atoms with Gasteiger partial charge in [0.1, 0.15) is 0 Å². The van der Waals surface area contributed by atoms with E-state index in [0.717, 1.165) is 12.5 Å². The number of nitrogens with one attached hydrogen (secondary N) is 1. The molecule has 0 amide bonds. The van der Waals surface area contributed by atoms with E-state index >= 15 is 0 Å². The summed E-state index contributed by atoms with van der Waals surface area (Å²) < 4.78 is 0. The van der Waals surface area contributed by atoms with Gasteiger partial charge >= 0.3 is 0 Å². The number of hydrogen-bond donors (Lipinski definition) is 1. The van der Waals surface area contributed by atoms with Crippen molar-refractivity contribution in [1.82, 2.24) is 5.32 Å². The van der Waals surface area contributed by atoms with Crippen LogP contribution in [-0.4, -0.2) is 6.04 Å². The van der Waals surface area contributed by atoms with Crippen LogP contribution in [0.4, 0.5) is 0 Å². The molecule has 1 N–H and O–H groups in total. The van der Waals surface area contributed by atoms with E-state index in [2.05, 4.69) is 46.0 Å². The van der Waals surface area contributed by atoms with Crippen LogP contribution in [0.5, 0.6) is 0 Å². The van der Waals surface area contributed by atoms with Gasteiger partial charge in [-0.15, -0.1) is 11.3 Å². The molecule has 15 heavy (non-hydrogen) atoms. The molecule has 0 spiro atoms. The zero-order valence-corrected chi connectivity index (χ0v) is 11.4. The highest BCUT2D eigenvalue weighted by molar-refractivity contribution is 7.12. The Morgan fingerprint density at radius 1 is 1.27 bits per heavy atom. The molecule has 86 valence electrons. The first-order chi connectivity index (χ1) is 6.99. The number of hydrogen-bond acceptors (Lipinski definition) is 2. The highest BCUT2D eigenvalue weighted by Gasteiger charge is 2.06. The summed E-state index contributed by atoms with van der Waals surface area (Å²) in [6, 6.07) is 2.92. The summed E-state index contributed by atoms with van der Waals surface area (Å²) in [6.07, 6.45) is 1.25. The van der Waals surface area contributed by atoms with Gasteiger partial charge in [-0.05, 0) is 44.7 Å². The summed E-state index contributed by atoms with van der Waals surface area (Å²) in [5, 5.41) is 3.58. The van der Waals surface area contributed by atoms with Gasteiger partial charge in [0.25, 0.3) is 0 Å². The fourth-order valence-corrected chi connectivity index (χ4v) is 2.81. The van der Waals surface area contributed by atoms with Gasteiger partial charge < -0.3 is 5.32 Å². The van der Waals surface area contributed by atoms with Crippen LogP contribution in [0.15, 0.2) is 6.07 Å². The van der Waals surface area contributed by atoms with E-state index < -0.39 is 0 Å². The molecule has 1 aromatic heterocycles. The van der Waals surface area contributed by atoms with Crippen LogP contribution in [0, 0.1) is 19.8 Å². The Bertz CT molecular complexity index is 282. The van der Waals surface area contributed by atoms with E-state index in [-0.39, 0.29) is 0 Å². The fourth-order valence-electron chi connectivity index (χ4n) is 1.80. The lowest BCUT2D eigenvalue weighted by molar-refractivity contribution is 0.443. The van der Waals surface area contributed by atoms with Crippen molar-refractivity contribution < 1.29 is 0 Å². The SMILES string of the molecule is Cc1cc(CNC(C)CC(C)C)sc1C. The highest BCUT2D eigenvalue weighted by atomic mass is 32.1. The van der Waals surface area contributed by atoms with Gasteiger partial charge in [0.2, 0.25) is 0 Å². The zero-order valence-electron chi connectivity index (χ0n) is 10.6. The van der Waals surface area contributed by atoms with Crippen molar-refractivity contribution in [2.24, 2.45) is 5.92 Å². The molecule has 0 radical (unpaired) electrons. The van der Waals surface area contributed by atoms with E-state index in [4.69, 9.17) is 0 Å². The Hall–Kier alpha value is -0.340. The minimum absolute atomic E-state index is 0.618. The second-order valence-corrected chi connectivity index (χ2v) is 6.20. The summed E-state index contributed by atoms with van der Waals surface area (Å²) in [7, 11) is 0. The molecule has 2 heteroatoms. The molecule has 0 aromatic carbocycles. The Kier molecular flexibility index (Phi) is 4.81. The zero-order chi connectivity index (χ0) is 11.4. The third-order valence-corrected chi connectivity index (χ3v) is 3.82. The second kappa shape index (κ2) is 5.66. The first-order valence-corrected chi connectivity index (χ1v) is 6.60. The monoisotopic (exact) mass is 225 g/mol. The minimum Gasteiger partial charge on any atom is -0.309 e. The third-order valence-electron chi connectivity index (χ3n) is 2.67. The van der Waals surface area contributed by atoms with Crippen LogP contribution in [-0.2, 0) is 6.54 Å². The van der Waals surface area contributed by atoms with Gasteiger partial charge in [-0.1, -0.05) is 13.8 Å². The predicted molar refractivity (Wildman–Crippen MR) is 69.5 cm³/mol. The summed E-state index contributed by atoms with van der Waals surface area (Å²) >= 11 is 1.91. The molecule has 1 rings (SSSR count). The average molecular weight is 225 g/mol. The number of thiophene rings is 1. The maximum absolute atomic E-state index is 3.58. The summed E-state index contributed by atoms with van der Waals surface area (Å²) in [5.41, 5.74) is 1.42.